The average Bonchev–Trinajstić information content (AvgIpc) is 2.15. The van der Waals surface area contributed by atoms with Gasteiger partial charge in [-0.1, -0.05) is 6.92 Å². The molecule has 0 bridgehead atoms. The minimum Gasteiger partial charge on any atom is -0.385 e. The molecule has 1 unspecified atom stereocenters. The average molecular weight is 184 g/mol. The van der Waals surface area contributed by atoms with E-state index in [0.717, 1.165) is 32.4 Å². The van der Waals surface area contributed by atoms with Gasteiger partial charge in [-0.3, -0.25) is 5.32 Å². The maximum Gasteiger partial charge on any atom is 0.104 e. The zero-order valence-electron chi connectivity index (χ0n) is 8.89. The number of methoxy groups -OCH3 is 1. The van der Waals surface area contributed by atoms with Gasteiger partial charge in [0.05, 0.1) is 6.07 Å². The molecule has 76 valence electrons. The Morgan fingerprint density at radius 2 is 2.23 bits per heavy atom. The topological polar surface area (TPSA) is 45.0 Å². The Kier molecular flexibility index (Phi) is 6.56. The fraction of sp³-hybridized carbons (Fsp3) is 0.900. The van der Waals surface area contributed by atoms with Crippen LogP contribution in [0.4, 0.5) is 0 Å². The lowest BCUT2D eigenvalue weighted by Crippen LogP contribution is -2.41. The van der Waals surface area contributed by atoms with Crippen molar-refractivity contribution in [3.63, 3.8) is 0 Å². The molecule has 0 fully saturated rings. The SMILES string of the molecule is CCCNC(C)(C#N)CCCOC. The number of hydrogen-bond acceptors (Lipinski definition) is 3. The summed E-state index contributed by atoms with van der Waals surface area (Å²) in [4.78, 5) is 0. The molecule has 0 saturated heterocycles. The number of nitriles is 1. The third kappa shape index (κ3) is 5.62. The Morgan fingerprint density at radius 3 is 2.69 bits per heavy atom. The second-order valence-corrected chi connectivity index (χ2v) is 3.47. The van der Waals surface area contributed by atoms with Crippen molar-refractivity contribution in [1.82, 2.24) is 5.32 Å². The molecule has 0 radical (unpaired) electrons. The molecule has 1 N–H and O–H groups in total. The van der Waals surface area contributed by atoms with Crippen LogP contribution in [0.25, 0.3) is 0 Å². The maximum absolute atomic E-state index is 8.96. The van der Waals surface area contributed by atoms with Gasteiger partial charge in [-0.05, 0) is 32.7 Å². The highest BCUT2D eigenvalue weighted by Gasteiger charge is 2.21. The molecule has 0 heterocycles. The maximum atomic E-state index is 8.96. The Morgan fingerprint density at radius 1 is 1.54 bits per heavy atom. The van der Waals surface area contributed by atoms with Gasteiger partial charge in [0.2, 0.25) is 0 Å². The van der Waals surface area contributed by atoms with Crippen molar-refractivity contribution in [3.8, 4) is 6.07 Å². The summed E-state index contributed by atoms with van der Waals surface area (Å²) in [5, 5.41) is 12.2. The number of nitrogens with zero attached hydrogens (tertiary/aromatic N) is 1. The van der Waals surface area contributed by atoms with Gasteiger partial charge >= 0.3 is 0 Å². The Balaban J connectivity index is 3.76. The molecular formula is C10H20N2O. The first-order valence-corrected chi connectivity index (χ1v) is 4.83. The van der Waals surface area contributed by atoms with Crippen molar-refractivity contribution in [2.24, 2.45) is 0 Å². The van der Waals surface area contributed by atoms with Crippen LogP contribution in [0.2, 0.25) is 0 Å². The molecule has 0 rings (SSSR count). The molecule has 0 aromatic rings. The third-order valence-corrected chi connectivity index (χ3v) is 2.04. The van der Waals surface area contributed by atoms with E-state index in [1.807, 2.05) is 6.92 Å². The van der Waals surface area contributed by atoms with E-state index in [1.165, 1.54) is 0 Å². The number of ether oxygens (including phenoxy) is 1. The normalized spacial score (nSPS) is 14.9. The predicted molar refractivity (Wildman–Crippen MR) is 53.4 cm³/mol. The zero-order chi connectivity index (χ0) is 10.2. The van der Waals surface area contributed by atoms with Crippen molar-refractivity contribution in [1.29, 1.82) is 5.26 Å². The van der Waals surface area contributed by atoms with Crippen LogP contribution in [-0.4, -0.2) is 25.8 Å². The fourth-order valence-corrected chi connectivity index (χ4v) is 1.15. The summed E-state index contributed by atoms with van der Waals surface area (Å²) < 4.78 is 4.95. The lowest BCUT2D eigenvalue weighted by atomic mass is 9.98. The van der Waals surface area contributed by atoms with E-state index in [0.29, 0.717) is 0 Å². The molecule has 0 aliphatic heterocycles. The van der Waals surface area contributed by atoms with Crippen molar-refractivity contribution in [2.75, 3.05) is 20.3 Å². The molecule has 0 saturated carbocycles. The van der Waals surface area contributed by atoms with E-state index in [9.17, 15) is 0 Å². The van der Waals surface area contributed by atoms with Gasteiger partial charge in [-0.15, -0.1) is 0 Å². The van der Waals surface area contributed by atoms with Crippen LogP contribution >= 0.6 is 0 Å². The number of hydrogen-bond donors (Lipinski definition) is 1. The Labute approximate surface area is 81.1 Å². The summed E-state index contributed by atoms with van der Waals surface area (Å²) >= 11 is 0. The highest BCUT2D eigenvalue weighted by molar-refractivity contribution is 5.03. The second-order valence-electron chi connectivity index (χ2n) is 3.47. The van der Waals surface area contributed by atoms with E-state index in [2.05, 4.69) is 18.3 Å². The summed E-state index contributed by atoms with van der Waals surface area (Å²) in [6.45, 7) is 5.67. The van der Waals surface area contributed by atoms with Crippen LogP contribution in [0.15, 0.2) is 0 Å². The van der Waals surface area contributed by atoms with Crippen LogP contribution in [0.5, 0.6) is 0 Å². The van der Waals surface area contributed by atoms with Crippen molar-refractivity contribution < 1.29 is 4.74 Å². The van der Waals surface area contributed by atoms with Crippen LogP contribution in [0, 0.1) is 11.3 Å². The van der Waals surface area contributed by atoms with E-state index >= 15 is 0 Å². The Hall–Kier alpha value is -0.590. The van der Waals surface area contributed by atoms with Gasteiger partial charge in [-0.25, -0.2) is 0 Å². The largest absolute Gasteiger partial charge is 0.385 e. The summed E-state index contributed by atoms with van der Waals surface area (Å²) in [7, 11) is 1.68. The number of rotatable bonds is 7. The standard InChI is InChI=1S/C10H20N2O/c1-4-7-12-10(2,9-11)6-5-8-13-3/h12H,4-8H2,1-3H3. The van der Waals surface area contributed by atoms with E-state index < -0.39 is 0 Å². The van der Waals surface area contributed by atoms with E-state index in [-0.39, 0.29) is 5.54 Å². The van der Waals surface area contributed by atoms with Gasteiger partial charge in [0.25, 0.3) is 0 Å². The lowest BCUT2D eigenvalue weighted by molar-refractivity contribution is 0.185. The van der Waals surface area contributed by atoms with E-state index in [4.69, 9.17) is 10.00 Å². The first-order chi connectivity index (χ1) is 6.18. The predicted octanol–water partition coefficient (Wildman–Crippen LogP) is 1.69. The highest BCUT2D eigenvalue weighted by Crippen LogP contribution is 2.10. The molecule has 3 nitrogen and oxygen atoms in total. The first-order valence-electron chi connectivity index (χ1n) is 4.83. The highest BCUT2D eigenvalue weighted by atomic mass is 16.5. The monoisotopic (exact) mass is 184 g/mol. The molecule has 0 aliphatic carbocycles. The van der Waals surface area contributed by atoms with E-state index in [1.54, 1.807) is 7.11 Å². The molecule has 0 spiro atoms. The van der Waals surface area contributed by atoms with Crippen molar-refractivity contribution >= 4 is 0 Å². The van der Waals surface area contributed by atoms with Crippen LogP contribution in [0.1, 0.15) is 33.1 Å². The summed E-state index contributed by atoms with van der Waals surface area (Å²) in [5.74, 6) is 0. The lowest BCUT2D eigenvalue weighted by Gasteiger charge is -2.22. The van der Waals surface area contributed by atoms with Gasteiger partial charge in [-0.2, -0.15) is 5.26 Å². The van der Waals surface area contributed by atoms with Gasteiger partial charge in [0.15, 0.2) is 0 Å². The molecule has 0 aromatic heterocycles. The molecule has 0 aromatic carbocycles. The molecule has 0 amide bonds. The van der Waals surface area contributed by atoms with Crippen LogP contribution < -0.4 is 5.32 Å². The molecule has 0 aliphatic rings. The Bertz CT molecular complexity index is 165. The van der Waals surface area contributed by atoms with Gasteiger partial charge in [0.1, 0.15) is 5.54 Å². The van der Waals surface area contributed by atoms with Gasteiger partial charge < -0.3 is 4.74 Å². The number of nitrogens with one attached hydrogen (secondary N) is 1. The quantitative estimate of drug-likeness (QED) is 0.612. The third-order valence-electron chi connectivity index (χ3n) is 2.04. The minimum absolute atomic E-state index is 0.380. The van der Waals surface area contributed by atoms with Crippen molar-refractivity contribution in [2.45, 2.75) is 38.6 Å². The second kappa shape index (κ2) is 6.88. The fourth-order valence-electron chi connectivity index (χ4n) is 1.15. The molecular weight excluding hydrogens is 164 g/mol. The minimum atomic E-state index is -0.380. The molecule has 13 heavy (non-hydrogen) atoms. The molecule has 1 atom stereocenters. The smallest absolute Gasteiger partial charge is 0.104 e. The molecule has 3 heteroatoms. The van der Waals surface area contributed by atoms with Gasteiger partial charge in [0, 0.05) is 13.7 Å². The summed E-state index contributed by atoms with van der Waals surface area (Å²) in [6, 6.07) is 2.31. The zero-order valence-corrected chi connectivity index (χ0v) is 8.89. The summed E-state index contributed by atoms with van der Waals surface area (Å²) in [5.41, 5.74) is -0.380. The summed E-state index contributed by atoms with van der Waals surface area (Å²) in [6.07, 6.45) is 2.83. The van der Waals surface area contributed by atoms with Crippen LogP contribution in [0.3, 0.4) is 0 Å². The van der Waals surface area contributed by atoms with Crippen LogP contribution in [-0.2, 0) is 4.74 Å². The van der Waals surface area contributed by atoms with Crippen molar-refractivity contribution in [3.05, 3.63) is 0 Å². The first kappa shape index (κ1) is 12.4.